The van der Waals surface area contributed by atoms with E-state index in [4.69, 9.17) is 10.5 Å². The van der Waals surface area contributed by atoms with Crippen molar-refractivity contribution in [3.63, 3.8) is 0 Å². The molecule has 3 nitrogen and oxygen atoms in total. The molecule has 2 N–H and O–H groups in total. The van der Waals surface area contributed by atoms with E-state index in [-0.39, 0.29) is 0 Å². The molecule has 0 aliphatic carbocycles. The third-order valence-corrected chi connectivity index (χ3v) is 2.25. The molecule has 0 atom stereocenters. The van der Waals surface area contributed by atoms with Gasteiger partial charge in [0.25, 0.3) is 0 Å². The molecule has 2 aromatic rings. The SMILES string of the molecule is COc1c(N)ccc2c1ccn2C. The molecule has 0 spiro atoms. The van der Waals surface area contributed by atoms with Crippen LogP contribution in [-0.2, 0) is 7.05 Å². The van der Waals surface area contributed by atoms with Crippen molar-refractivity contribution in [2.24, 2.45) is 7.05 Å². The number of anilines is 1. The summed E-state index contributed by atoms with van der Waals surface area (Å²) in [6, 6.07) is 5.86. The first kappa shape index (κ1) is 7.98. The summed E-state index contributed by atoms with van der Waals surface area (Å²) in [7, 11) is 3.64. The lowest BCUT2D eigenvalue weighted by Crippen LogP contribution is -1.93. The van der Waals surface area contributed by atoms with Gasteiger partial charge in [-0.3, -0.25) is 0 Å². The Morgan fingerprint density at radius 2 is 2.08 bits per heavy atom. The summed E-state index contributed by atoms with van der Waals surface area (Å²) in [5.74, 6) is 0.762. The average molecular weight is 176 g/mol. The summed E-state index contributed by atoms with van der Waals surface area (Å²) in [4.78, 5) is 0. The molecular weight excluding hydrogens is 164 g/mol. The Labute approximate surface area is 76.7 Å². The predicted molar refractivity (Wildman–Crippen MR) is 53.9 cm³/mol. The number of hydrogen-bond donors (Lipinski definition) is 1. The number of nitrogen functional groups attached to an aromatic ring is 1. The standard InChI is InChI=1S/C10H12N2O/c1-12-6-5-7-9(12)4-3-8(11)10(7)13-2/h3-6H,11H2,1-2H3. The number of methoxy groups -OCH3 is 1. The number of aryl methyl sites for hydroxylation is 1. The zero-order valence-electron chi connectivity index (χ0n) is 7.74. The van der Waals surface area contributed by atoms with Crippen LogP contribution in [0.3, 0.4) is 0 Å². The fourth-order valence-electron chi connectivity index (χ4n) is 1.57. The van der Waals surface area contributed by atoms with E-state index in [1.54, 1.807) is 7.11 Å². The molecule has 0 aliphatic heterocycles. The highest BCUT2D eigenvalue weighted by Gasteiger charge is 2.06. The Balaban J connectivity index is 2.85. The highest BCUT2D eigenvalue weighted by atomic mass is 16.5. The van der Waals surface area contributed by atoms with Crippen molar-refractivity contribution in [2.75, 3.05) is 12.8 Å². The number of hydrogen-bond acceptors (Lipinski definition) is 2. The molecule has 1 heterocycles. The maximum atomic E-state index is 5.77. The Morgan fingerprint density at radius 1 is 1.31 bits per heavy atom. The molecule has 2 rings (SSSR count). The van der Waals surface area contributed by atoms with Gasteiger partial charge in [-0.05, 0) is 18.2 Å². The normalized spacial score (nSPS) is 10.6. The third kappa shape index (κ3) is 1.04. The number of ether oxygens (including phenoxy) is 1. The molecule has 0 saturated carbocycles. The largest absolute Gasteiger partial charge is 0.494 e. The van der Waals surface area contributed by atoms with E-state index in [1.807, 2.05) is 36.0 Å². The second-order valence-corrected chi connectivity index (χ2v) is 3.05. The minimum Gasteiger partial charge on any atom is -0.494 e. The Bertz CT molecular complexity index is 445. The molecule has 0 saturated heterocycles. The van der Waals surface area contributed by atoms with Gasteiger partial charge in [-0.2, -0.15) is 0 Å². The Hall–Kier alpha value is -1.64. The van der Waals surface area contributed by atoms with Crippen LogP contribution >= 0.6 is 0 Å². The lowest BCUT2D eigenvalue weighted by Gasteiger charge is -2.05. The van der Waals surface area contributed by atoms with E-state index in [2.05, 4.69) is 0 Å². The topological polar surface area (TPSA) is 40.2 Å². The molecular formula is C10H12N2O. The lowest BCUT2D eigenvalue weighted by molar-refractivity contribution is 0.422. The van der Waals surface area contributed by atoms with Crippen LogP contribution in [0.4, 0.5) is 5.69 Å². The molecule has 0 aliphatic rings. The average Bonchev–Trinajstić information content (AvgIpc) is 2.48. The first-order chi connectivity index (χ1) is 6.24. The van der Waals surface area contributed by atoms with Crippen molar-refractivity contribution in [1.82, 2.24) is 4.57 Å². The van der Waals surface area contributed by atoms with Crippen LogP contribution in [0, 0.1) is 0 Å². The van der Waals surface area contributed by atoms with Gasteiger partial charge in [0.15, 0.2) is 5.75 Å². The van der Waals surface area contributed by atoms with Crippen LogP contribution in [0.2, 0.25) is 0 Å². The van der Waals surface area contributed by atoms with E-state index in [9.17, 15) is 0 Å². The maximum Gasteiger partial charge on any atom is 0.151 e. The second kappa shape index (κ2) is 2.69. The van der Waals surface area contributed by atoms with E-state index in [1.165, 1.54) is 0 Å². The van der Waals surface area contributed by atoms with Crippen molar-refractivity contribution in [2.45, 2.75) is 0 Å². The van der Waals surface area contributed by atoms with Crippen LogP contribution in [0.1, 0.15) is 0 Å². The molecule has 13 heavy (non-hydrogen) atoms. The summed E-state index contributed by atoms with van der Waals surface area (Å²) in [5.41, 5.74) is 7.58. The van der Waals surface area contributed by atoms with Crippen molar-refractivity contribution in [3.05, 3.63) is 24.4 Å². The monoisotopic (exact) mass is 176 g/mol. The number of aromatic nitrogens is 1. The smallest absolute Gasteiger partial charge is 0.151 e. The van der Waals surface area contributed by atoms with E-state index in [0.717, 1.165) is 16.7 Å². The van der Waals surface area contributed by atoms with Crippen LogP contribution in [0.15, 0.2) is 24.4 Å². The number of benzene rings is 1. The van der Waals surface area contributed by atoms with Gasteiger partial charge in [0.05, 0.1) is 18.3 Å². The van der Waals surface area contributed by atoms with Gasteiger partial charge in [0.1, 0.15) is 0 Å². The Kier molecular flexibility index (Phi) is 1.65. The van der Waals surface area contributed by atoms with Gasteiger partial charge in [-0.25, -0.2) is 0 Å². The van der Waals surface area contributed by atoms with E-state index < -0.39 is 0 Å². The van der Waals surface area contributed by atoms with E-state index >= 15 is 0 Å². The molecule has 0 fully saturated rings. The molecule has 68 valence electrons. The fourth-order valence-corrected chi connectivity index (χ4v) is 1.57. The zero-order valence-corrected chi connectivity index (χ0v) is 7.74. The zero-order chi connectivity index (χ0) is 9.42. The van der Waals surface area contributed by atoms with Crippen LogP contribution in [0.5, 0.6) is 5.75 Å². The maximum absolute atomic E-state index is 5.77. The predicted octanol–water partition coefficient (Wildman–Crippen LogP) is 1.77. The third-order valence-electron chi connectivity index (χ3n) is 2.25. The van der Waals surface area contributed by atoms with Crippen LogP contribution < -0.4 is 10.5 Å². The van der Waals surface area contributed by atoms with Gasteiger partial charge in [-0.1, -0.05) is 0 Å². The summed E-state index contributed by atoms with van der Waals surface area (Å²) in [5, 5.41) is 1.06. The molecule has 1 aromatic heterocycles. The number of fused-ring (bicyclic) bond motifs is 1. The van der Waals surface area contributed by atoms with E-state index in [0.29, 0.717) is 5.69 Å². The first-order valence-electron chi connectivity index (χ1n) is 4.11. The van der Waals surface area contributed by atoms with Gasteiger partial charge in [-0.15, -0.1) is 0 Å². The summed E-state index contributed by atoms with van der Waals surface area (Å²) < 4.78 is 7.27. The second-order valence-electron chi connectivity index (χ2n) is 3.05. The minimum absolute atomic E-state index is 0.682. The fraction of sp³-hybridized carbons (Fsp3) is 0.200. The molecule has 0 amide bonds. The highest BCUT2D eigenvalue weighted by Crippen LogP contribution is 2.31. The number of rotatable bonds is 1. The number of nitrogens with two attached hydrogens (primary N) is 1. The Morgan fingerprint density at radius 3 is 2.77 bits per heavy atom. The van der Waals surface area contributed by atoms with Gasteiger partial charge < -0.3 is 15.0 Å². The summed E-state index contributed by atoms with van der Waals surface area (Å²) in [6.45, 7) is 0. The van der Waals surface area contributed by atoms with Crippen LogP contribution in [-0.4, -0.2) is 11.7 Å². The molecule has 0 bridgehead atoms. The van der Waals surface area contributed by atoms with Crippen molar-refractivity contribution >= 4 is 16.6 Å². The molecule has 0 unspecified atom stereocenters. The van der Waals surface area contributed by atoms with Crippen molar-refractivity contribution < 1.29 is 4.74 Å². The highest BCUT2D eigenvalue weighted by molar-refractivity contribution is 5.91. The lowest BCUT2D eigenvalue weighted by atomic mass is 10.2. The van der Waals surface area contributed by atoms with Gasteiger partial charge in [0.2, 0.25) is 0 Å². The molecule has 0 radical (unpaired) electrons. The van der Waals surface area contributed by atoms with Crippen molar-refractivity contribution in [1.29, 1.82) is 0 Å². The quantitative estimate of drug-likeness (QED) is 0.673. The minimum atomic E-state index is 0.682. The molecule has 3 heteroatoms. The summed E-state index contributed by atoms with van der Waals surface area (Å²) >= 11 is 0. The van der Waals surface area contributed by atoms with Crippen molar-refractivity contribution in [3.8, 4) is 5.75 Å². The molecule has 1 aromatic carbocycles. The van der Waals surface area contributed by atoms with Gasteiger partial charge >= 0.3 is 0 Å². The first-order valence-corrected chi connectivity index (χ1v) is 4.11. The summed E-state index contributed by atoms with van der Waals surface area (Å²) in [6.07, 6.45) is 1.99. The van der Waals surface area contributed by atoms with Crippen LogP contribution in [0.25, 0.3) is 10.9 Å². The number of nitrogens with zero attached hydrogens (tertiary/aromatic N) is 1. The van der Waals surface area contributed by atoms with Gasteiger partial charge in [0, 0.05) is 18.6 Å².